The van der Waals surface area contributed by atoms with E-state index in [4.69, 9.17) is 5.11 Å². The summed E-state index contributed by atoms with van der Waals surface area (Å²) in [6.45, 7) is 2.53. The van der Waals surface area contributed by atoms with Gasteiger partial charge in [0.15, 0.2) is 0 Å². The third-order valence-corrected chi connectivity index (χ3v) is 2.48. The second-order valence-electron chi connectivity index (χ2n) is 3.92. The molecular formula is C12H15N3O5. The Morgan fingerprint density at radius 1 is 1.40 bits per heavy atom. The molecule has 108 valence electrons. The van der Waals surface area contributed by atoms with Crippen LogP contribution in [0.25, 0.3) is 0 Å². The van der Waals surface area contributed by atoms with Gasteiger partial charge in [-0.3, -0.25) is 14.9 Å². The molecule has 8 nitrogen and oxygen atoms in total. The highest BCUT2D eigenvalue weighted by Gasteiger charge is 2.17. The number of rotatable bonds is 7. The first-order valence-electron chi connectivity index (χ1n) is 5.98. The van der Waals surface area contributed by atoms with Crippen LogP contribution in [-0.4, -0.2) is 35.0 Å². The molecule has 0 saturated carbocycles. The van der Waals surface area contributed by atoms with E-state index in [1.54, 1.807) is 6.92 Å². The molecule has 0 unspecified atom stereocenters. The molecule has 1 amide bonds. The van der Waals surface area contributed by atoms with Crippen molar-refractivity contribution >= 4 is 23.3 Å². The summed E-state index contributed by atoms with van der Waals surface area (Å²) in [7, 11) is 0. The summed E-state index contributed by atoms with van der Waals surface area (Å²) in [6, 6.07) is 3.57. The number of carboxylic acid groups (broad SMARTS) is 1. The first kappa shape index (κ1) is 15.4. The van der Waals surface area contributed by atoms with Gasteiger partial charge in [-0.1, -0.05) is 0 Å². The van der Waals surface area contributed by atoms with Gasteiger partial charge in [0, 0.05) is 25.6 Å². The van der Waals surface area contributed by atoms with Gasteiger partial charge in [-0.25, -0.2) is 4.79 Å². The van der Waals surface area contributed by atoms with Gasteiger partial charge in [0.1, 0.15) is 5.69 Å². The average Bonchev–Trinajstić information content (AvgIpc) is 2.38. The fraction of sp³-hybridized carbons (Fsp3) is 0.333. The summed E-state index contributed by atoms with van der Waals surface area (Å²) in [6.07, 6.45) is 0.172. The summed E-state index contributed by atoms with van der Waals surface area (Å²) in [5, 5.41) is 25.0. The van der Waals surface area contributed by atoms with Crippen LogP contribution < -0.4 is 10.6 Å². The Bertz CT molecular complexity index is 530. The first-order valence-corrected chi connectivity index (χ1v) is 5.98. The van der Waals surface area contributed by atoms with Crippen molar-refractivity contribution in [2.24, 2.45) is 0 Å². The largest absolute Gasteiger partial charge is 0.478 e. The number of nitro benzene ring substituents is 1. The number of carbonyl (C=O) groups is 2. The molecular weight excluding hydrogens is 266 g/mol. The number of nitro groups is 1. The van der Waals surface area contributed by atoms with E-state index >= 15 is 0 Å². The lowest BCUT2D eigenvalue weighted by Crippen LogP contribution is -2.24. The second kappa shape index (κ2) is 7.07. The van der Waals surface area contributed by atoms with Crippen LogP contribution in [-0.2, 0) is 4.79 Å². The maximum absolute atomic E-state index is 11.2. The van der Waals surface area contributed by atoms with Crippen LogP contribution in [0.1, 0.15) is 23.7 Å². The zero-order valence-electron chi connectivity index (χ0n) is 10.9. The lowest BCUT2D eigenvalue weighted by Gasteiger charge is -2.07. The third-order valence-electron chi connectivity index (χ3n) is 2.48. The van der Waals surface area contributed by atoms with Gasteiger partial charge in [-0.15, -0.1) is 0 Å². The van der Waals surface area contributed by atoms with Crippen molar-refractivity contribution < 1.29 is 19.6 Å². The minimum atomic E-state index is -1.23. The Morgan fingerprint density at radius 2 is 2.10 bits per heavy atom. The molecule has 0 fully saturated rings. The van der Waals surface area contributed by atoms with Crippen LogP contribution in [0, 0.1) is 10.1 Å². The molecule has 8 heteroatoms. The van der Waals surface area contributed by atoms with Gasteiger partial charge in [0.05, 0.1) is 10.5 Å². The third kappa shape index (κ3) is 4.23. The Morgan fingerprint density at radius 3 is 2.65 bits per heavy atom. The van der Waals surface area contributed by atoms with Crippen molar-refractivity contribution in [3.8, 4) is 0 Å². The molecule has 0 aliphatic carbocycles. The van der Waals surface area contributed by atoms with Crippen molar-refractivity contribution in [2.45, 2.75) is 13.3 Å². The number of benzene rings is 1. The molecule has 20 heavy (non-hydrogen) atoms. The van der Waals surface area contributed by atoms with Crippen LogP contribution in [0.4, 0.5) is 11.4 Å². The summed E-state index contributed by atoms with van der Waals surface area (Å²) in [4.78, 5) is 32.2. The number of anilines is 1. The van der Waals surface area contributed by atoms with Crippen molar-refractivity contribution in [2.75, 3.05) is 18.4 Å². The van der Waals surface area contributed by atoms with Crippen molar-refractivity contribution in [3.63, 3.8) is 0 Å². The number of amides is 1. The first-order chi connectivity index (χ1) is 9.45. The Balaban J connectivity index is 2.77. The Labute approximate surface area is 114 Å². The molecule has 3 N–H and O–H groups in total. The van der Waals surface area contributed by atoms with E-state index in [-0.39, 0.29) is 35.8 Å². The standard InChI is InChI=1S/C12H15N3O5/c1-2-13-11(16)5-6-14-9-4-3-8(12(17)18)7-10(9)15(19)20/h3-4,7,14H,2,5-6H2,1H3,(H,13,16)(H,17,18). The van der Waals surface area contributed by atoms with E-state index in [1.807, 2.05) is 0 Å². The molecule has 0 spiro atoms. The smallest absolute Gasteiger partial charge is 0.335 e. The maximum Gasteiger partial charge on any atom is 0.335 e. The normalized spacial score (nSPS) is 9.85. The van der Waals surface area contributed by atoms with E-state index in [9.17, 15) is 19.7 Å². The van der Waals surface area contributed by atoms with Gasteiger partial charge in [-0.05, 0) is 19.1 Å². The average molecular weight is 281 g/mol. The number of carbonyl (C=O) groups excluding carboxylic acids is 1. The fourth-order valence-electron chi connectivity index (χ4n) is 1.56. The molecule has 0 radical (unpaired) electrons. The van der Waals surface area contributed by atoms with Crippen LogP contribution in [0.15, 0.2) is 18.2 Å². The van der Waals surface area contributed by atoms with E-state index in [1.165, 1.54) is 12.1 Å². The molecule has 1 rings (SSSR count). The molecule has 1 aromatic rings. The number of hydrogen-bond donors (Lipinski definition) is 3. The number of aromatic carboxylic acids is 1. The molecule has 1 aromatic carbocycles. The highest BCUT2D eigenvalue weighted by molar-refractivity contribution is 5.89. The molecule has 0 aromatic heterocycles. The molecule has 0 aliphatic rings. The highest BCUT2D eigenvalue weighted by atomic mass is 16.6. The monoisotopic (exact) mass is 281 g/mol. The number of nitrogens with zero attached hydrogens (tertiary/aromatic N) is 1. The second-order valence-corrected chi connectivity index (χ2v) is 3.92. The molecule has 0 aliphatic heterocycles. The lowest BCUT2D eigenvalue weighted by atomic mass is 10.1. The van der Waals surface area contributed by atoms with Crippen LogP contribution in [0.5, 0.6) is 0 Å². The van der Waals surface area contributed by atoms with E-state index in [0.717, 1.165) is 6.07 Å². The zero-order valence-corrected chi connectivity index (χ0v) is 10.9. The topological polar surface area (TPSA) is 122 Å². The van der Waals surface area contributed by atoms with Gasteiger partial charge in [0.25, 0.3) is 5.69 Å². The maximum atomic E-state index is 11.2. The quantitative estimate of drug-likeness (QED) is 0.510. The number of hydrogen-bond acceptors (Lipinski definition) is 5. The SMILES string of the molecule is CCNC(=O)CCNc1ccc(C(=O)O)cc1[N+](=O)[O-]. The zero-order chi connectivity index (χ0) is 15.1. The Kier molecular flexibility index (Phi) is 5.45. The lowest BCUT2D eigenvalue weighted by molar-refractivity contribution is -0.384. The number of nitrogens with one attached hydrogen (secondary N) is 2. The van der Waals surface area contributed by atoms with Crippen LogP contribution in [0.3, 0.4) is 0 Å². The van der Waals surface area contributed by atoms with Gasteiger partial charge < -0.3 is 15.7 Å². The summed E-state index contributed by atoms with van der Waals surface area (Å²) >= 11 is 0. The minimum absolute atomic E-state index is 0.161. The minimum Gasteiger partial charge on any atom is -0.478 e. The summed E-state index contributed by atoms with van der Waals surface area (Å²) in [5.41, 5.74) is -0.309. The van der Waals surface area contributed by atoms with Gasteiger partial charge in [0.2, 0.25) is 5.91 Å². The molecule has 0 atom stereocenters. The summed E-state index contributed by atoms with van der Waals surface area (Å²) < 4.78 is 0. The van der Waals surface area contributed by atoms with E-state index in [0.29, 0.717) is 6.54 Å². The predicted octanol–water partition coefficient (Wildman–Crippen LogP) is 1.23. The van der Waals surface area contributed by atoms with Crippen LogP contribution >= 0.6 is 0 Å². The molecule has 0 heterocycles. The van der Waals surface area contributed by atoms with Gasteiger partial charge >= 0.3 is 5.97 Å². The predicted molar refractivity (Wildman–Crippen MR) is 71.8 cm³/mol. The molecule has 0 bridgehead atoms. The van der Waals surface area contributed by atoms with E-state index in [2.05, 4.69) is 10.6 Å². The van der Waals surface area contributed by atoms with Crippen molar-refractivity contribution in [3.05, 3.63) is 33.9 Å². The number of carboxylic acids is 1. The molecule has 0 saturated heterocycles. The van der Waals surface area contributed by atoms with Gasteiger partial charge in [-0.2, -0.15) is 0 Å². The highest BCUT2D eigenvalue weighted by Crippen LogP contribution is 2.25. The summed E-state index contributed by atoms with van der Waals surface area (Å²) in [5.74, 6) is -1.40. The van der Waals surface area contributed by atoms with E-state index < -0.39 is 10.9 Å². The van der Waals surface area contributed by atoms with Crippen LogP contribution in [0.2, 0.25) is 0 Å². The fourth-order valence-corrected chi connectivity index (χ4v) is 1.56. The van der Waals surface area contributed by atoms with Crippen molar-refractivity contribution in [1.82, 2.24) is 5.32 Å². The van der Waals surface area contributed by atoms with Crippen molar-refractivity contribution in [1.29, 1.82) is 0 Å². The Hall–Kier alpha value is -2.64.